The minimum Gasteiger partial charge on any atom is -0.497 e. The molecule has 86 valence electrons. The number of carbonyl (C=O) groups is 1. The Hall–Kier alpha value is -1.39. The first-order valence-electron chi connectivity index (χ1n) is 5.24. The number of benzene rings is 1. The number of likely N-dealkylation sites (N-methyl/N-ethyl adjacent to an activating group) is 1. The predicted octanol–water partition coefficient (Wildman–Crippen LogP) is 0.582. The molecule has 0 bridgehead atoms. The first-order valence-corrected chi connectivity index (χ1v) is 5.24. The molecular weight excluding hydrogens is 204 g/mol. The Kier molecular flexibility index (Phi) is 2.94. The molecular formula is C12H16N2O2. The maximum atomic E-state index is 11.3. The van der Waals surface area contributed by atoms with Crippen molar-refractivity contribution in [3.05, 3.63) is 29.8 Å². The molecule has 0 amide bonds. The van der Waals surface area contributed by atoms with Crippen molar-refractivity contribution in [3.63, 3.8) is 0 Å². The van der Waals surface area contributed by atoms with Crippen LogP contribution in [0, 0.1) is 0 Å². The van der Waals surface area contributed by atoms with Crippen LogP contribution >= 0.6 is 0 Å². The number of carbonyl (C=O) groups excluding carboxylic acids is 1. The molecule has 1 aromatic carbocycles. The van der Waals surface area contributed by atoms with Gasteiger partial charge in [-0.25, -0.2) is 0 Å². The SMILES string of the molecule is COc1ccc(C2(C=O)CN(C)CN2)cc1. The molecule has 1 saturated heterocycles. The van der Waals surface area contributed by atoms with Gasteiger partial charge in [0.05, 0.1) is 7.11 Å². The van der Waals surface area contributed by atoms with E-state index in [1.54, 1.807) is 7.11 Å². The molecule has 1 heterocycles. The molecule has 0 saturated carbocycles. The second kappa shape index (κ2) is 4.23. The summed E-state index contributed by atoms with van der Waals surface area (Å²) in [4.78, 5) is 13.4. The highest BCUT2D eigenvalue weighted by atomic mass is 16.5. The first-order chi connectivity index (χ1) is 7.70. The second-order valence-corrected chi connectivity index (χ2v) is 4.17. The summed E-state index contributed by atoms with van der Waals surface area (Å²) in [7, 11) is 3.62. The molecule has 1 aliphatic rings. The van der Waals surface area contributed by atoms with E-state index in [2.05, 4.69) is 10.2 Å². The van der Waals surface area contributed by atoms with Crippen LogP contribution in [0.15, 0.2) is 24.3 Å². The lowest BCUT2D eigenvalue weighted by Crippen LogP contribution is -2.41. The summed E-state index contributed by atoms with van der Waals surface area (Å²) in [6, 6.07) is 7.61. The Balaban J connectivity index is 2.30. The summed E-state index contributed by atoms with van der Waals surface area (Å²) in [5.41, 5.74) is 0.411. The molecule has 1 unspecified atom stereocenters. The minimum atomic E-state index is -0.568. The Morgan fingerprint density at radius 2 is 2.12 bits per heavy atom. The van der Waals surface area contributed by atoms with E-state index < -0.39 is 5.54 Å². The van der Waals surface area contributed by atoms with Gasteiger partial charge in [-0.1, -0.05) is 12.1 Å². The van der Waals surface area contributed by atoms with E-state index >= 15 is 0 Å². The Bertz CT molecular complexity index is 377. The fourth-order valence-electron chi connectivity index (χ4n) is 2.04. The number of hydrogen-bond donors (Lipinski definition) is 1. The fourth-order valence-corrected chi connectivity index (χ4v) is 2.04. The highest BCUT2D eigenvalue weighted by Gasteiger charge is 2.37. The zero-order valence-corrected chi connectivity index (χ0v) is 9.56. The second-order valence-electron chi connectivity index (χ2n) is 4.17. The van der Waals surface area contributed by atoms with Crippen molar-refractivity contribution in [2.24, 2.45) is 0 Å². The van der Waals surface area contributed by atoms with E-state index in [9.17, 15) is 4.79 Å². The van der Waals surface area contributed by atoms with Crippen LogP contribution < -0.4 is 10.1 Å². The maximum Gasteiger partial charge on any atom is 0.145 e. The van der Waals surface area contributed by atoms with Gasteiger partial charge in [-0.15, -0.1) is 0 Å². The number of nitrogens with one attached hydrogen (secondary N) is 1. The summed E-state index contributed by atoms with van der Waals surface area (Å²) in [6.45, 7) is 1.42. The van der Waals surface area contributed by atoms with Crippen molar-refractivity contribution in [2.75, 3.05) is 27.4 Å². The predicted molar refractivity (Wildman–Crippen MR) is 61.4 cm³/mol. The van der Waals surface area contributed by atoms with E-state index in [1.807, 2.05) is 31.3 Å². The van der Waals surface area contributed by atoms with Crippen LogP contribution in [-0.2, 0) is 10.3 Å². The summed E-state index contributed by atoms with van der Waals surface area (Å²) in [5.74, 6) is 0.802. The third-order valence-electron chi connectivity index (χ3n) is 2.99. The smallest absolute Gasteiger partial charge is 0.145 e. The van der Waals surface area contributed by atoms with Crippen LogP contribution in [0.4, 0.5) is 0 Å². The zero-order chi connectivity index (χ0) is 11.6. The van der Waals surface area contributed by atoms with Gasteiger partial charge in [0.1, 0.15) is 17.6 Å². The molecule has 1 aromatic rings. The molecule has 2 rings (SSSR count). The van der Waals surface area contributed by atoms with Gasteiger partial charge < -0.3 is 9.53 Å². The first kappa shape index (κ1) is 11.1. The number of methoxy groups -OCH3 is 1. The molecule has 16 heavy (non-hydrogen) atoms. The van der Waals surface area contributed by atoms with Crippen LogP contribution in [0.3, 0.4) is 0 Å². The number of aldehydes is 1. The molecule has 1 aliphatic heterocycles. The van der Waals surface area contributed by atoms with Crippen LogP contribution in [0.25, 0.3) is 0 Å². The highest BCUT2D eigenvalue weighted by molar-refractivity contribution is 5.69. The van der Waals surface area contributed by atoms with Gasteiger partial charge >= 0.3 is 0 Å². The third kappa shape index (κ3) is 1.81. The average Bonchev–Trinajstić information content (AvgIpc) is 2.72. The molecule has 0 radical (unpaired) electrons. The van der Waals surface area contributed by atoms with Crippen molar-refractivity contribution >= 4 is 6.29 Å². The van der Waals surface area contributed by atoms with E-state index in [1.165, 1.54) is 0 Å². The van der Waals surface area contributed by atoms with Crippen LogP contribution in [-0.4, -0.2) is 38.6 Å². The Morgan fingerprint density at radius 1 is 1.44 bits per heavy atom. The maximum absolute atomic E-state index is 11.3. The van der Waals surface area contributed by atoms with Gasteiger partial charge in [-0.2, -0.15) is 0 Å². The third-order valence-corrected chi connectivity index (χ3v) is 2.99. The number of rotatable bonds is 3. The number of nitrogens with zero attached hydrogens (tertiary/aromatic N) is 1. The summed E-state index contributed by atoms with van der Waals surface area (Å²) in [5, 5.41) is 3.24. The zero-order valence-electron chi connectivity index (χ0n) is 9.56. The lowest BCUT2D eigenvalue weighted by Gasteiger charge is -2.22. The van der Waals surface area contributed by atoms with E-state index in [4.69, 9.17) is 4.74 Å². The molecule has 1 fully saturated rings. The van der Waals surface area contributed by atoms with Gasteiger partial charge in [-0.3, -0.25) is 10.2 Å². The van der Waals surface area contributed by atoms with Gasteiger partial charge in [0.25, 0.3) is 0 Å². The van der Waals surface area contributed by atoms with Crippen LogP contribution in [0.5, 0.6) is 5.75 Å². The fraction of sp³-hybridized carbons (Fsp3) is 0.417. The minimum absolute atomic E-state index is 0.568. The molecule has 1 N–H and O–H groups in total. The van der Waals surface area contributed by atoms with E-state index in [0.717, 1.165) is 24.3 Å². The van der Waals surface area contributed by atoms with E-state index in [0.29, 0.717) is 6.54 Å². The van der Waals surface area contributed by atoms with Crippen LogP contribution in [0.2, 0.25) is 0 Å². The molecule has 0 aromatic heterocycles. The molecule has 4 heteroatoms. The Labute approximate surface area is 95.2 Å². The summed E-state index contributed by atoms with van der Waals surface area (Å²) < 4.78 is 5.10. The van der Waals surface area contributed by atoms with Gasteiger partial charge in [0.2, 0.25) is 0 Å². The van der Waals surface area contributed by atoms with Crippen molar-refractivity contribution < 1.29 is 9.53 Å². The van der Waals surface area contributed by atoms with Crippen molar-refractivity contribution in [3.8, 4) is 5.75 Å². The molecule has 0 spiro atoms. The molecule has 0 aliphatic carbocycles. The largest absolute Gasteiger partial charge is 0.497 e. The van der Waals surface area contributed by atoms with Gasteiger partial charge in [-0.05, 0) is 24.7 Å². The summed E-state index contributed by atoms with van der Waals surface area (Å²) in [6.07, 6.45) is 0.984. The Morgan fingerprint density at radius 3 is 2.56 bits per heavy atom. The number of hydrogen-bond acceptors (Lipinski definition) is 4. The lowest BCUT2D eigenvalue weighted by atomic mass is 9.92. The molecule has 4 nitrogen and oxygen atoms in total. The van der Waals surface area contributed by atoms with Gasteiger partial charge in [0.15, 0.2) is 0 Å². The van der Waals surface area contributed by atoms with Gasteiger partial charge in [0, 0.05) is 13.2 Å². The monoisotopic (exact) mass is 220 g/mol. The van der Waals surface area contributed by atoms with Crippen LogP contribution in [0.1, 0.15) is 5.56 Å². The quantitative estimate of drug-likeness (QED) is 0.757. The lowest BCUT2D eigenvalue weighted by molar-refractivity contribution is -0.112. The van der Waals surface area contributed by atoms with Crippen molar-refractivity contribution in [2.45, 2.75) is 5.54 Å². The molecule has 1 atom stereocenters. The average molecular weight is 220 g/mol. The summed E-state index contributed by atoms with van der Waals surface area (Å²) >= 11 is 0. The normalized spacial score (nSPS) is 25.6. The van der Waals surface area contributed by atoms with Crippen molar-refractivity contribution in [1.82, 2.24) is 10.2 Å². The highest BCUT2D eigenvalue weighted by Crippen LogP contribution is 2.25. The number of ether oxygens (including phenoxy) is 1. The standard InChI is InChI=1S/C12H16N2O2/c1-14-7-12(8-15,13-9-14)10-3-5-11(16-2)6-4-10/h3-6,8,13H,7,9H2,1-2H3. The topological polar surface area (TPSA) is 41.6 Å². The van der Waals surface area contributed by atoms with E-state index in [-0.39, 0.29) is 0 Å². The van der Waals surface area contributed by atoms with Crippen molar-refractivity contribution in [1.29, 1.82) is 0 Å².